The number of halogens is 1. The van der Waals surface area contributed by atoms with Crippen molar-refractivity contribution in [3.8, 4) is 0 Å². The first-order valence-electron chi connectivity index (χ1n) is 5.99. The maximum Gasteiger partial charge on any atom is 0.325 e. The number of rotatable bonds is 3. The minimum Gasteiger partial charge on any atom is -0.480 e. The molecule has 1 aromatic carbocycles. The molecule has 104 valence electrons. The standard InChI is InChI=1S/C14H13FN2O3/c1-7-5-11(13(18)17-8(2)14(19)20)10-6-9(15)3-4-12(10)16-7/h3-6,8H,1-2H3,(H,17,18)(H,19,20). The molecule has 6 heteroatoms. The lowest BCUT2D eigenvalue weighted by atomic mass is 10.1. The van der Waals surface area contributed by atoms with Gasteiger partial charge in [0, 0.05) is 11.1 Å². The number of nitrogens with zero attached hydrogens (tertiary/aromatic N) is 1. The predicted molar refractivity (Wildman–Crippen MR) is 71.0 cm³/mol. The average molecular weight is 276 g/mol. The normalized spacial score (nSPS) is 12.2. The molecule has 2 aromatic rings. The second-order valence-corrected chi connectivity index (χ2v) is 4.51. The van der Waals surface area contributed by atoms with Gasteiger partial charge in [-0.25, -0.2) is 4.39 Å². The molecule has 0 bridgehead atoms. The minimum atomic E-state index is -1.14. The third-order valence-corrected chi connectivity index (χ3v) is 2.86. The van der Waals surface area contributed by atoms with E-state index >= 15 is 0 Å². The Labute approximate surface area is 114 Å². The number of carboxylic acids is 1. The maximum absolute atomic E-state index is 13.3. The smallest absolute Gasteiger partial charge is 0.325 e. The molecular weight excluding hydrogens is 263 g/mol. The maximum atomic E-state index is 13.3. The van der Waals surface area contributed by atoms with Crippen molar-refractivity contribution in [2.75, 3.05) is 0 Å². The summed E-state index contributed by atoms with van der Waals surface area (Å²) < 4.78 is 13.3. The van der Waals surface area contributed by atoms with Crippen molar-refractivity contribution >= 4 is 22.8 Å². The minimum absolute atomic E-state index is 0.208. The molecule has 1 heterocycles. The quantitative estimate of drug-likeness (QED) is 0.897. The van der Waals surface area contributed by atoms with Crippen LogP contribution >= 0.6 is 0 Å². The topological polar surface area (TPSA) is 79.3 Å². The van der Waals surface area contributed by atoms with Gasteiger partial charge in [0.2, 0.25) is 0 Å². The Bertz CT molecular complexity index is 700. The highest BCUT2D eigenvalue weighted by Crippen LogP contribution is 2.19. The van der Waals surface area contributed by atoms with Crippen LogP contribution in [0.1, 0.15) is 23.0 Å². The van der Waals surface area contributed by atoms with E-state index < -0.39 is 23.7 Å². The van der Waals surface area contributed by atoms with Crippen LogP contribution < -0.4 is 5.32 Å². The Morgan fingerprint density at radius 2 is 2.05 bits per heavy atom. The summed E-state index contributed by atoms with van der Waals surface area (Å²) in [5, 5.41) is 11.5. The Kier molecular flexibility index (Phi) is 3.65. The fraction of sp³-hybridized carbons (Fsp3) is 0.214. The summed E-state index contributed by atoms with van der Waals surface area (Å²) >= 11 is 0. The lowest BCUT2D eigenvalue weighted by Gasteiger charge is -2.11. The summed E-state index contributed by atoms with van der Waals surface area (Å²) in [7, 11) is 0. The summed E-state index contributed by atoms with van der Waals surface area (Å²) in [4.78, 5) is 27.1. The van der Waals surface area contributed by atoms with Crippen molar-refractivity contribution in [1.82, 2.24) is 10.3 Å². The third kappa shape index (κ3) is 2.74. The van der Waals surface area contributed by atoms with Crippen molar-refractivity contribution in [1.29, 1.82) is 0 Å². The number of amides is 1. The van der Waals surface area contributed by atoms with E-state index in [4.69, 9.17) is 5.11 Å². The monoisotopic (exact) mass is 276 g/mol. The van der Waals surface area contributed by atoms with Gasteiger partial charge in [0.25, 0.3) is 5.91 Å². The number of carbonyl (C=O) groups excluding carboxylic acids is 1. The number of benzene rings is 1. The SMILES string of the molecule is Cc1cc(C(=O)NC(C)C(=O)O)c2cc(F)ccc2n1. The molecule has 0 aliphatic carbocycles. The second-order valence-electron chi connectivity index (χ2n) is 4.51. The number of nitrogens with one attached hydrogen (secondary N) is 1. The molecule has 0 fully saturated rings. The molecule has 5 nitrogen and oxygen atoms in total. The molecular formula is C14H13FN2O3. The lowest BCUT2D eigenvalue weighted by molar-refractivity contribution is -0.138. The van der Waals surface area contributed by atoms with Crippen molar-refractivity contribution < 1.29 is 19.1 Å². The molecule has 1 atom stereocenters. The highest BCUT2D eigenvalue weighted by Gasteiger charge is 2.18. The fourth-order valence-electron chi connectivity index (χ4n) is 1.85. The van der Waals surface area contributed by atoms with Gasteiger partial charge in [-0.05, 0) is 38.1 Å². The van der Waals surface area contributed by atoms with Crippen molar-refractivity contribution in [3.05, 3.63) is 41.3 Å². The Hall–Kier alpha value is -2.50. The number of carbonyl (C=O) groups is 2. The number of aliphatic carboxylic acids is 1. The van der Waals surface area contributed by atoms with E-state index in [1.165, 1.54) is 31.2 Å². The zero-order chi connectivity index (χ0) is 14.9. The van der Waals surface area contributed by atoms with E-state index in [2.05, 4.69) is 10.3 Å². The van der Waals surface area contributed by atoms with E-state index in [0.29, 0.717) is 16.6 Å². The Morgan fingerprint density at radius 3 is 2.70 bits per heavy atom. The fourth-order valence-corrected chi connectivity index (χ4v) is 1.85. The molecule has 1 amide bonds. The number of aryl methyl sites for hydroxylation is 1. The van der Waals surface area contributed by atoms with Crippen LogP contribution in [0.25, 0.3) is 10.9 Å². The number of hydrogen-bond acceptors (Lipinski definition) is 3. The molecule has 0 aliphatic heterocycles. The van der Waals surface area contributed by atoms with Crippen LogP contribution in [0.4, 0.5) is 4.39 Å². The van der Waals surface area contributed by atoms with Crippen LogP contribution in [-0.2, 0) is 4.79 Å². The zero-order valence-corrected chi connectivity index (χ0v) is 11.0. The third-order valence-electron chi connectivity index (χ3n) is 2.86. The molecule has 0 saturated heterocycles. The van der Waals surface area contributed by atoms with Gasteiger partial charge in [-0.2, -0.15) is 0 Å². The van der Waals surface area contributed by atoms with Crippen LogP contribution in [-0.4, -0.2) is 28.0 Å². The first-order chi connectivity index (χ1) is 9.38. The van der Waals surface area contributed by atoms with Gasteiger partial charge in [0.05, 0.1) is 11.1 Å². The van der Waals surface area contributed by atoms with Crippen molar-refractivity contribution in [2.24, 2.45) is 0 Å². The Morgan fingerprint density at radius 1 is 1.35 bits per heavy atom. The first kappa shape index (κ1) is 13.9. The van der Waals surface area contributed by atoms with Crippen molar-refractivity contribution in [2.45, 2.75) is 19.9 Å². The average Bonchev–Trinajstić information content (AvgIpc) is 2.38. The van der Waals surface area contributed by atoms with E-state index in [1.807, 2.05) is 0 Å². The molecule has 0 spiro atoms. The second kappa shape index (κ2) is 5.24. The molecule has 0 saturated carbocycles. The van der Waals surface area contributed by atoms with Gasteiger partial charge < -0.3 is 10.4 Å². The number of aromatic nitrogens is 1. The Balaban J connectivity index is 2.50. The van der Waals surface area contributed by atoms with Gasteiger partial charge in [-0.15, -0.1) is 0 Å². The van der Waals surface area contributed by atoms with Gasteiger partial charge >= 0.3 is 5.97 Å². The summed E-state index contributed by atoms with van der Waals surface area (Å²) in [6, 6.07) is 4.43. The van der Waals surface area contributed by atoms with Crippen LogP contribution in [0.5, 0.6) is 0 Å². The number of carboxylic acid groups (broad SMARTS) is 1. The number of pyridine rings is 1. The van der Waals surface area contributed by atoms with Crippen LogP contribution in [0, 0.1) is 12.7 Å². The first-order valence-corrected chi connectivity index (χ1v) is 5.99. The van der Waals surface area contributed by atoms with Crippen molar-refractivity contribution in [3.63, 3.8) is 0 Å². The van der Waals surface area contributed by atoms with Crippen LogP contribution in [0.3, 0.4) is 0 Å². The van der Waals surface area contributed by atoms with E-state index in [-0.39, 0.29) is 5.56 Å². The van der Waals surface area contributed by atoms with Crippen LogP contribution in [0.2, 0.25) is 0 Å². The largest absolute Gasteiger partial charge is 0.480 e. The molecule has 20 heavy (non-hydrogen) atoms. The number of fused-ring (bicyclic) bond motifs is 1. The highest BCUT2D eigenvalue weighted by atomic mass is 19.1. The van der Waals surface area contributed by atoms with Gasteiger partial charge in [-0.3, -0.25) is 14.6 Å². The summed E-state index contributed by atoms with van der Waals surface area (Å²) in [5.74, 6) is -2.19. The van der Waals surface area contributed by atoms with Gasteiger partial charge in [0.1, 0.15) is 11.9 Å². The highest BCUT2D eigenvalue weighted by molar-refractivity contribution is 6.07. The molecule has 2 N–H and O–H groups in total. The molecule has 2 rings (SSSR count). The summed E-state index contributed by atoms with van der Waals surface area (Å²) in [6.07, 6.45) is 0. The molecule has 0 radical (unpaired) electrons. The summed E-state index contributed by atoms with van der Waals surface area (Å²) in [5.41, 5.74) is 1.29. The van der Waals surface area contributed by atoms with Gasteiger partial charge in [-0.1, -0.05) is 0 Å². The lowest BCUT2D eigenvalue weighted by Crippen LogP contribution is -2.38. The summed E-state index contributed by atoms with van der Waals surface area (Å²) in [6.45, 7) is 3.07. The van der Waals surface area contributed by atoms with Gasteiger partial charge in [0.15, 0.2) is 0 Å². The predicted octanol–water partition coefficient (Wildman–Crippen LogP) is 1.89. The molecule has 1 unspecified atom stereocenters. The molecule has 1 aromatic heterocycles. The number of hydrogen-bond donors (Lipinski definition) is 2. The zero-order valence-electron chi connectivity index (χ0n) is 11.0. The molecule has 0 aliphatic rings. The van der Waals surface area contributed by atoms with Crippen LogP contribution in [0.15, 0.2) is 24.3 Å². The van der Waals surface area contributed by atoms with E-state index in [1.54, 1.807) is 6.92 Å². The van der Waals surface area contributed by atoms with E-state index in [9.17, 15) is 14.0 Å². The van der Waals surface area contributed by atoms with E-state index in [0.717, 1.165) is 0 Å².